The second-order valence-corrected chi connectivity index (χ2v) is 7.99. The fraction of sp³-hybridized carbons (Fsp3) is 0. The molecule has 0 spiro atoms. The Morgan fingerprint density at radius 3 is 1.20 bits per heavy atom. The van der Waals surface area contributed by atoms with Crippen molar-refractivity contribution in [3.63, 3.8) is 0 Å². The molecule has 0 nitrogen and oxygen atoms in total. The summed E-state index contributed by atoms with van der Waals surface area (Å²) >= 11 is 4.36. The Morgan fingerprint density at radius 1 is 1.20 bits per heavy atom. The maximum absolute atomic E-state index is 2.18. The van der Waals surface area contributed by atoms with Crippen molar-refractivity contribution in [2.24, 2.45) is 0 Å². The molecular weight excluding hydrogens is 634 g/mol. The zero-order valence-corrected chi connectivity index (χ0v) is 14.3. The van der Waals surface area contributed by atoms with Gasteiger partial charge in [0.1, 0.15) is 0 Å². The van der Waals surface area contributed by atoms with Crippen molar-refractivity contribution in [1.29, 1.82) is 0 Å². The van der Waals surface area contributed by atoms with Gasteiger partial charge in [-0.25, -0.2) is 0 Å². The summed E-state index contributed by atoms with van der Waals surface area (Å²) in [4.78, 5) is 0. The van der Waals surface area contributed by atoms with E-state index in [4.69, 9.17) is 0 Å². The van der Waals surface area contributed by atoms with E-state index in [0.29, 0.717) is 0 Å². The summed E-state index contributed by atoms with van der Waals surface area (Å²) in [5, 5.41) is 0. The van der Waals surface area contributed by atoms with Crippen LogP contribution < -0.4 is 0 Å². The first-order valence-electron chi connectivity index (χ1n) is 0.228. The molecule has 0 rings (SSSR count). The Morgan fingerprint density at radius 2 is 1.20 bits per heavy atom. The molecule has 0 aliphatic heterocycles. The van der Waals surface area contributed by atoms with Crippen molar-refractivity contribution in [1.82, 2.24) is 0 Å². The molecule has 0 N–H and O–H groups in total. The molecule has 0 saturated carbocycles. The van der Waals surface area contributed by atoms with Gasteiger partial charge in [0.15, 0.2) is 0 Å². The molecule has 0 bridgehead atoms. The minimum absolute atomic E-state index is 0. The maximum atomic E-state index is 2.18. The van der Waals surface area contributed by atoms with Crippen LogP contribution >= 0.6 is 40.7 Å². The summed E-state index contributed by atoms with van der Waals surface area (Å²) in [5.41, 5.74) is 0. The Bertz CT molecular complexity index is 9.61. The number of hydrogen-bond donors (Lipinski definition) is 0. The third-order valence-corrected chi connectivity index (χ3v) is 0. The van der Waals surface area contributed by atoms with Gasteiger partial charge in [0.25, 0.3) is 0 Å². The minimum atomic E-state index is 0. The van der Waals surface area contributed by atoms with Gasteiger partial charge in [-0.15, -0.1) is 0 Å². The first-order chi connectivity index (χ1) is 1.41. The van der Waals surface area contributed by atoms with E-state index in [0.717, 1.165) is 0 Å². The molecule has 0 aromatic heterocycles. The summed E-state index contributed by atoms with van der Waals surface area (Å²) in [5.74, 6) is 0. The average Bonchev–Trinajstić information content (AvgIpc) is 0.918. The van der Waals surface area contributed by atoms with Gasteiger partial charge >= 0.3 is 75.3 Å². The Kier molecular flexibility index (Phi) is 49.6. The van der Waals surface area contributed by atoms with Crippen molar-refractivity contribution in [3.05, 3.63) is 0 Å². The van der Waals surface area contributed by atoms with E-state index in [-0.39, 0.29) is 48.6 Å². The third kappa shape index (κ3) is 18.4. The van der Waals surface area contributed by atoms with Gasteiger partial charge in [-0.3, -0.25) is 0 Å². The van der Waals surface area contributed by atoms with Crippen LogP contribution in [0.1, 0.15) is 0 Å². The van der Waals surface area contributed by atoms with Crippen molar-refractivity contribution in [2.45, 2.75) is 0 Å². The van der Waals surface area contributed by atoms with Crippen LogP contribution in [0.3, 0.4) is 0 Å². The molecule has 0 aromatic carbocycles. The summed E-state index contributed by atoms with van der Waals surface area (Å²) in [6, 6.07) is 0. The fourth-order valence-corrected chi connectivity index (χ4v) is 0. The van der Waals surface area contributed by atoms with Crippen LogP contribution in [0.2, 0.25) is 0 Å². The Labute approximate surface area is 95.3 Å². The monoisotopic (exact) mass is 636 g/mol. The van der Waals surface area contributed by atoms with Crippen LogP contribution in [-0.2, 0) is 30.8 Å². The Hall–Kier alpha value is 3.60. The van der Waals surface area contributed by atoms with Gasteiger partial charge in [-0.2, -0.15) is 0 Å². The number of rotatable bonds is 0. The summed E-state index contributed by atoms with van der Waals surface area (Å²) < 4.78 is 0. The molecule has 5 heavy (non-hydrogen) atoms. The van der Waals surface area contributed by atoms with Gasteiger partial charge in [0, 0.05) is 22.4 Å². The van der Waals surface area contributed by atoms with Crippen molar-refractivity contribution >= 4 is 66.9 Å². The molecule has 0 heterocycles. The first kappa shape index (κ1) is 15.8. The standard InChI is InChI=1S/Ag.Bi.Cu.2HI.3H/h;;;2*1H;;;/q;;+2;;;;;/p-2. The van der Waals surface area contributed by atoms with Crippen molar-refractivity contribution in [3.8, 4) is 0 Å². The molecule has 0 amide bonds. The topological polar surface area (TPSA) is 0 Å². The normalized spacial score (nSPS) is 4.40. The quantitative estimate of drug-likeness (QED) is 0.270. The number of halogens is 2. The summed E-state index contributed by atoms with van der Waals surface area (Å²) in [7, 11) is 1.75. The molecule has 0 atom stereocenters. The molecule has 0 unspecified atom stereocenters. The molecule has 1 radical (unpaired) electrons. The third-order valence-electron chi connectivity index (χ3n) is 0. The van der Waals surface area contributed by atoms with Crippen LogP contribution in [0.25, 0.3) is 0 Å². The first-order valence-corrected chi connectivity index (χ1v) is 6.30. The van der Waals surface area contributed by atoms with Crippen LogP contribution in [-0.4, -0.2) is 26.2 Å². The van der Waals surface area contributed by atoms with Gasteiger partial charge in [0.05, 0.1) is 0 Å². The van der Waals surface area contributed by atoms with E-state index in [2.05, 4.69) is 40.7 Å². The second-order valence-electron chi connectivity index (χ2n) is 0.0431. The molecule has 0 fully saturated rings. The molecule has 0 saturated heterocycles. The van der Waals surface area contributed by atoms with E-state index in [1.54, 1.807) is 8.46 Å². The van der Waals surface area contributed by atoms with Crippen LogP contribution in [0.15, 0.2) is 0 Å². The molecule has 0 aliphatic carbocycles. The Balaban J connectivity index is -0.0000000200. The van der Waals surface area contributed by atoms with E-state index >= 15 is 0 Å². The molecule has 0 aromatic rings. The predicted octanol–water partition coefficient (Wildman–Crippen LogP) is 0.582. The zero-order valence-electron chi connectivity index (χ0n) is 2.07. The van der Waals surface area contributed by atoms with E-state index in [1.807, 2.05) is 0 Å². The van der Waals surface area contributed by atoms with E-state index in [9.17, 15) is 0 Å². The van der Waals surface area contributed by atoms with Gasteiger partial charge in [-0.1, -0.05) is 0 Å². The summed E-state index contributed by atoms with van der Waals surface area (Å²) in [6.07, 6.45) is 0. The van der Waals surface area contributed by atoms with Crippen molar-refractivity contribution in [2.75, 3.05) is 0 Å². The van der Waals surface area contributed by atoms with Crippen LogP contribution in [0, 0.1) is 0 Å². The fourth-order valence-electron chi connectivity index (χ4n) is 0. The molecular formula is H3AgBiCuI2. The average molecular weight is 637 g/mol. The van der Waals surface area contributed by atoms with Crippen LogP contribution in [0.5, 0.6) is 0 Å². The molecule has 44 valence electrons. The molecule has 5 heteroatoms. The van der Waals surface area contributed by atoms with Gasteiger partial charge in [-0.05, 0) is 0 Å². The van der Waals surface area contributed by atoms with Gasteiger partial charge in [0.2, 0.25) is 0 Å². The van der Waals surface area contributed by atoms with Gasteiger partial charge < -0.3 is 0 Å². The second kappa shape index (κ2) is 15.6. The van der Waals surface area contributed by atoms with E-state index in [1.165, 1.54) is 0 Å². The molecule has 0 aliphatic rings. The van der Waals surface area contributed by atoms with Crippen LogP contribution in [0.4, 0.5) is 0 Å². The predicted molar refractivity (Wildman–Crippen MR) is 38.0 cm³/mol. The zero-order chi connectivity index (χ0) is 2.71. The summed E-state index contributed by atoms with van der Waals surface area (Å²) in [6.45, 7) is 0. The number of hydrogen-bond acceptors (Lipinski definition) is 0. The van der Waals surface area contributed by atoms with E-state index < -0.39 is 0 Å². The van der Waals surface area contributed by atoms with Crippen molar-refractivity contribution < 1.29 is 30.8 Å². The SMILES string of the molecule is [Ag].[BiH3].[I][Cu][I].